The Morgan fingerprint density at radius 3 is 2.50 bits per heavy atom. The number of halogens is 2. The van der Waals surface area contributed by atoms with Crippen molar-refractivity contribution in [2.24, 2.45) is 5.73 Å². The topological polar surface area (TPSA) is 38.0 Å². The zero-order valence-electron chi connectivity index (χ0n) is 7.52. The first-order chi connectivity index (χ1) is 5.66. The van der Waals surface area contributed by atoms with Crippen LogP contribution in [0.5, 0.6) is 0 Å². The van der Waals surface area contributed by atoms with E-state index in [1.54, 1.807) is 0 Å². The lowest BCUT2D eigenvalue weighted by molar-refractivity contribution is 0.146. The normalized spacial score (nSPS) is 13.8. The molecular formula is C8H18F2N2. The van der Waals surface area contributed by atoms with Gasteiger partial charge in [0.2, 0.25) is 0 Å². The van der Waals surface area contributed by atoms with Crippen molar-refractivity contribution in [3.63, 3.8) is 0 Å². The average molecular weight is 180 g/mol. The molecule has 74 valence electrons. The summed E-state index contributed by atoms with van der Waals surface area (Å²) in [6.07, 6.45) is 0.542. The molecule has 1 unspecified atom stereocenters. The van der Waals surface area contributed by atoms with Gasteiger partial charge < -0.3 is 11.1 Å². The third kappa shape index (κ3) is 7.88. The fourth-order valence-electron chi connectivity index (χ4n) is 1.01. The lowest BCUT2D eigenvalue weighted by atomic mass is 10.1. The van der Waals surface area contributed by atoms with Gasteiger partial charge in [-0.15, -0.1) is 0 Å². The van der Waals surface area contributed by atoms with Gasteiger partial charge in [-0.05, 0) is 19.4 Å². The summed E-state index contributed by atoms with van der Waals surface area (Å²) in [4.78, 5) is 0. The highest BCUT2D eigenvalue weighted by molar-refractivity contribution is 4.62. The van der Waals surface area contributed by atoms with E-state index in [1.807, 2.05) is 0 Å². The van der Waals surface area contributed by atoms with E-state index in [4.69, 9.17) is 5.73 Å². The minimum atomic E-state index is -2.26. The Labute approximate surface area is 72.5 Å². The molecule has 0 aromatic rings. The van der Waals surface area contributed by atoms with Crippen LogP contribution in [0.3, 0.4) is 0 Å². The maximum Gasteiger partial charge on any atom is 0.250 e. The van der Waals surface area contributed by atoms with Crippen molar-refractivity contribution in [2.75, 3.05) is 13.1 Å². The summed E-state index contributed by atoms with van der Waals surface area (Å²) >= 11 is 0. The fraction of sp³-hybridized carbons (Fsp3) is 1.00. The van der Waals surface area contributed by atoms with E-state index in [9.17, 15) is 8.78 Å². The van der Waals surface area contributed by atoms with Crippen LogP contribution >= 0.6 is 0 Å². The molecule has 0 saturated heterocycles. The summed E-state index contributed by atoms with van der Waals surface area (Å²) in [5, 5.41) is 2.64. The molecule has 0 aliphatic carbocycles. The van der Waals surface area contributed by atoms with E-state index < -0.39 is 6.43 Å². The molecule has 0 bridgehead atoms. The van der Waals surface area contributed by atoms with E-state index in [2.05, 4.69) is 12.2 Å². The van der Waals surface area contributed by atoms with Crippen molar-refractivity contribution >= 4 is 0 Å². The summed E-state index contributed by atoms with van der Waals surface area (Å²) in [6.45, 7) is 2.43. The third-order valence-corrected chi connectivity index (χ3v) is 1.65. The molecule has 2 nitrogen and oxygen atoms in total. The second-order valence-corrected chi connectivity index (χ2v) is 2.93. The first-order valence-corrected chi connectivity index (χ1v) is 4.41. The van der Waals surface area contributed by atoms with Crippen LogP contribution in [-0.4, -0.2) is 25.6 Å². The molecule has 0 spiro atoms. The lowest BCUT2D eigenvalue weighted by Crippen LogP contribution is -2.29. The smallest absolute Gasteiger partial charge is 0.250 e. The monoisotopic (exact) mass is 180 g/mol. The Morgan fingerprint density at radius 1 is 1.33 bits per heavy atom. The molecule has 0 aliphatic rings. The zero-order valence-corrected chi connectivity index (χ0v) is 7.52. The standard InChI is InChI=1S/C8H18F2N2/c1-2-3-7(11)4-5-12-6-8(9)10/h7-8,12H,2-6,11H2,1H3. The quantitative estimate of drug-likeness (QED) is 0.580. The van der Waals surface area contributed by atoms with Gasteiger partial charge in [-0.25, -0.2) is 8.78 Å². The molecule has 0 heterocycles. The van der Waals surface area contributed by atoms with Gasteiger partial charge in [-0.2, -0.15) is 0 Å². The number of hydrogen-bond acceptors (Lipinski definition) is 2. The van der Waals surface area contributed by atoms with Crippen LogP contribution in [0.4, 0.5) is 8.78 Å². The molecule has 0 saturated carbocycles. The first kappa shape index (κ1) is 11.8. The number of alkyl halides is 2. The molecule has 0 aromatic carbocycles. The van der Waals surface area contributed by atoms with Gasteiger partial charge in [0.05, 0.1) is 6.54 Å². The van der Waals surface area contributed by atoms with E-state index in [0.717, 1.165) is 19.3 Å². The van der Waals surface area contributed by atoms with Gasteiger partial charge in [-0.1, -0.05) is 13.3 Å². The summed E-state index contributed by atoms with van der Waals surface area (Å²) in [7, 11) is 0. The molecule has 12 heavy (non-hydrogen) atoms. The minimum absolute atomic E-state index is 0.153. The van der Waals surface area contributed by atoms with Crippen LogP contribution in [0.25, 0.3) is 0 Å². The molecule has 4 heteroatoms. The van der Waals surface area contributed by atoms with Crippen LogP contribution in [0.15, 0.2) is 0 Å². The minimum Gasteiger partial charge on any atom is -0.328 e. The fourth-order valence-corrected chi connectivity index (χ4v) is 1.01. The van der Waals surface area contributed by atoms with Gasteiger partial charge >= 0.3 is 0 Å². The first-order valence-electron chi connectivity index (χ1n) is 4.41. The highest BCUT2D eigenvalue weighted by Gasteiger charge is 2.02. The second kappa shape index (κ2) is 7.43. The van der Waals surface area contributed by atoms with Crippen LogP contribution in [-0.2, 0) is 0 Å². The molecule has 0 amide bonds. The van der Waals surface area contributed by atoms with Gasteiger partial charge in [0, 0.05) is 6.04 Å². The second-order valence-electron chi connectivity index (χ2n) is 2.93. The molecule has 0 radical (unpaired) electrons. The predicted octanol–water partition coefficient (Wildman–Crippen LogP) is 1.36. The maximum absolute atomic E-state index is 11.6. The molecule has 1 atom stereocenters. The molecule has 3 N–H and O–H groups in total. The molecular weight excluding hydrogens is 162 g/mol. The highest BCUT2D eigenvalue weighted by Crippen LogP contribution is 1.97. The van der Waals surface area contributed by atoms with Crippen LogP contribution in [0, 0.1) is 0 Å². The zero-order chi connectivity index (χ0) is 9.40. The molecule has 0 rings (SSSR count). The van der Waals surface area contributed by atoms with Gasteiger partial charge in [0.1, 0.15) is 0 Å². The predicted molar refractivity (Wildman–Crippen MR) is 46.4 cm³/mol. The third-order valence-electron chi connectivity index (χ3n) is 1.65. The van der Waals surface area contributed by atoms with Crippen molar-refractivity contribution in [3.8, 4) is 0 Å². The Bertz CT molecular complexity index is 99.1. The van der Waals surface area contributed by atoms with E-state index in [0.29, 0.717) is 6.54 Å². The molecule has 0 fully saturated rings. The van der Waals surface area contributed by atoms with E-state index in [-0.39, 0.29) is 12.6 Å². The average Bonchev–Trinajstić information content (AvgIpc) is 1.98. The Balaban J connectivity index is 3.08. The Kier molecular flexibility index (Phi) is 7.29. The van der Waals surface area contributed by atoms with E-state index in [1.165, 1.54) is 0 Å². The van der Waals surface area contributed by atoms with Crippen molar-refractivity contribution in [1.82, 2.24) is 5.32 Å². The molecule has 0 aromatic heterocycles. The van der Waals surface area contributed by atoms with Crippen LogP contribution in [0.1, 0.15) is 26.2 Å². The summed E-state index contributed by atoms with van der Waals surface area (Å²) in [5.74, 6) is 0. The summed E-state index contributed by atoms with van der Waals surface area (Å²) in [5.41, 5.74) is 5.67. The molecule has 0 aliphatic heterocycles. The number of nitrogens with one attached hydrogen (secondary N) is 1. The van der Waals surface area contributed by atoms with Crippen LogP contribution in [0.2, 0.25) is 0 Å². The van der Waals surface area contributed by atoms with Crippen molar-refractivity contribution < 1.29 is 8.78 Å². The SMILES string of the molecule is CCCC(N)CCNCC(F)F. The van der Waals surface area contributed by atoms with E-state index >= 15 is 0 Å². The highest BCUT2D eigenvalue weighted by atomic mass is 19.3. The van der Waals surface area contributed by atoms with Gasteiger partial charge in [0.15, 0.2) is 0 Å². The van der Waals surface area contributed by atoms with Crippen molar-refractivity contribution in [3.05, 3.63) is 0 Å². The number of hydrogen-bond donors (Lipinski definition) is 2. The van der Waals surface area contributed by atoms with Gasteiger partial charge in [-0.3, -0.25) is 0 Å². The summed E-state index contributed by atoms with van der Waals surface area (Å²) < 4.78 is 23.2. The lowest BCUT2D eigenvalue weighted by Gasteiger charge is -2.10. The van der Waals surface area contributed by atoms with Gasteiger partial charge in [0.25, 0.3) is 6.43 Å². The number of nitrogens with two attached hydrogens (primary N) is 1. The van der Waals surface area contributed by atoms with Crippen LogP contribution < -0.4 is 11.1 Å². The Hall–Kier alpha value is -0.220. The number of rotatable bonds is 7. The maximum atomic E-state index is 11.6. The van der Waals surface area contributed by atoms with Crippen molar-refractivity contribution in [2.45, 2.75) is 38.7 Å². The van der Waals surface area contributed by atoms with Crippen molar-refractivity contribution in [1.29, 1.82) is 0 Å². The Morgan fingerprint density at radius 2 is 2.00 bits per heavy atom. The largest absolute Gasteiger partial charge is 0.328 e. The summed E-state index contributed by atoms with van der Waals surface area (Å²) in [6, 6.07) is 0.153.